The van der Waals surface area contributed by atoms with E-state index in [0.29, 0.717) is 24.3 Å². The van der Waals surface area contributed by atoms with Crippen molar-refractivity contribution in [3.8, 4) is 5.75 Å². The van der Waals surface area contributed by atoms with Gasteiger partial charge in [-0.1, -0.05) is 37.3 Å². The van der Waals surface area contributed by atoms with Gasteiger partial charge >= 0.3 is 5.97 Å². The first-order valence-corrected chi connectivity index (χ1v) is 10.2. The summed E-state index contributed by atoms with van der Waals surface area (Å²) in [5.74, 6) is -0.563. The molecule has 0 amide bonds. The van der Waals surface area contributed by atoms with Crippen LogP contribution in [0.5, 0.6) is 5.75 Å². The van der Waals surface area contributed by atoms with Crippen LogP contribution >= 0.6 is 0 Å². The Bertz CT molecular complexity index is 1040. The minimum atomic E-state index is -0.777. The zero-order chi connectivity index (χ0) is 22.4. The predicted octanol–water partition coefficient (Wildman–Crippen LogP) is 4.88. The third kappa shape index (κ3) is 5.60. The minimum absolute atomic E-state index is 0.277. The molecule has 0 unspecified atom stereocenters. The molecule has 3 rings (SSSR count). The Hall–Kier alpha value is -3.41. The van der Waals surface area contributed by atoms with Gasteiger partial charge in [0.1, 0.15) is 11.6 Å². The number of carbonyl (C=O) groups excluding carboxylic acids is 2. The van der Waals surface area contributed by atoms with Gasteiger partial charge in [-0.15, -0.1) is 0 Å². The molecule has 0 N–H and O–H groups in total. The van der Waals surface area contributed by atoms with Gasteiger partial charge in [0.05, 0.1) is 0 Å². The third-order valence-electron chi connectivity index (χ3n) is 5.13. The molecule has 2 aromatic carbocycles. The average Bonchev–Trinajstić information content (AvgIpc) is 3.06. The van der Waals surface area contributed by atoms with E-state index in [-0.39, 0.29) is 18.2 Å². The average molecular weight is 423 g/mol. The maximum absolute atomic E-state index is 13.1. The Labute approximate surface area is 181 Å². The zero-order valence-electron chi connectivity index (χ0n) is 17.9. The first-order chi connectivity index (χ1) is 14.9. The summed E-state index contributed by atoms with van der Waals surface area (Å²) in [5.41, 5.74) is 3.10. The van der Waals surface area contributed by atoms with Crippen molar-refractivity contribution in [3.63, 3.8) is 0 Å². The number of halogens is 1. The number of Topliss-reactive ketones (excluding diaryl/α,β-unsaturated/α-hetero) is 1. The highest BCUT2D eigenvalue weighted by atomic mass is 19.1. The molecule has 5 nitrogen and oxygen atoms in total. The smallest absolute Gasteiger partial charge is 0.347 e. The van der Waals surface area contributed by atoms with Gasteiger partial charge < -0.3 is 14.0 Å². The van der Waals surface area contributed by atoms with Crippen LogP contribution in [0.2, 0.25) is 0 Å². The van der Waals surface area contributed by atoms with Gasteiger partial charge in [-0.25, -0.2) is 9.18 Å². The van der Waals surface area contributed by atoms with Crippen molar-refractivity contribution < 1.29 is 23.5 Å². The molecular formula is C25H26FNO4. The van der Waals surface area contributed by atoms with Crippen molar-refractivity contribution >= 4 is 11.8 Å². The summed E-state index contributed by atoms with van der Waals surface area (Å²) in [6, 6.07) is 17.1. The lowest BCUT2D eigenvalue weighted by molar-refractivity contribution is -0.150. The summed E-state index contributed by atoms with van der Waals surface area (Å²) < 4.78 is 26.1. The van der Waals surface area contributed by atoms with Crippen LogP contribution in [0.25, 0.3) is 0 Å². The summed E-state index contributed by atoms with van der Waals surface area (Å²) in [7, 11) is 0. The molecule has 1 aromatic heterocycles. The third-order valence-corrected chi connectivity index (χ3v) is 5.13. The van der Waals surface area contributed by atoms with Crippen LogP contribution in [0.15, 0.2) is 60.7 Å². The second-order valence-electron chi connectivity index (χ2n) is 7.36. The van der Waals surface area contributed by atoms with E-state index >= 15 is 0 Å². The Kier molecular flexibility index (Phi) is 7.23. The van der Waals surface area contributed by atoms with Gasteiger partial charge in [-0.05, 0) is 56.2 Å². The van der Waals surface area contributed by atoms with Crippen LogP contribution in [-0.2, 0) is 16.1 Å². The largest absolute Gasteiger partial charge is 0.479 e. The maximum Gasteiger partial charge on any atom is 0.347 e. The van der Waals surface area contributed by atoms with Gasteiger partial charge in [0.15, 0.2) is 12.7 Å². The Morgan fingerprint density at radius 3 is 2.35 bits per heavy atom. The van der Waals surface area contributed by atoms with E-state index in [0.717, 1.165) is 17.0 Å². The van der Waals surface area contributed by atoms with Crippen LogP contribution in [0, 0.1) is 19.7 Å². The van der Waals surface area contributed by atoms with Crippen molar-refractivity contribution in [1.29, 1.82) is 0 Å². The number of aromatic nitrogens is 1. The van der Waals surface area contributed by atoms with E-state index in [9.17, 15) is 14.0 Å². The summed E-state index contributed by atoms with van der Waals surface area (Å²) in [6.45, 7) is 5.74. The minimum Gasteiger partial charge on any atom is -0.479 e. The number of carbonyl (C=O) groups is 2. The Morgan fingerprint density at radius 1 is 1.03 bits per heavy atom. The highest BCUT2D eigenvalue weighted by Gasteiger charge is 2.23. The SMILES string of the molecule is CC[C@H](Oc1ccccc1)C(=O)OCC(=O)c1cc(C)n(Cc2ccc(F)cc2)c1C. The van der Waals surface area contributed by atoms with E-state index in [1.165, 1.54) is 12.1 Å². The standard InChI is InChI=1S/C25H26FNO4/c1-4-24(31-21-8-6-5-7-9-21)25(29)30-16-23(28)22-14-17(2)27(18(22)3)15-19-10-12-20(26)13-11-19/h5-14,24H,4,15-16H2,1-3H3/t24-/m0/s1. The van der Waals surface area contributed by atoms with E-state index < -0.39 is 12.1 Å². The van der Waals surface area contributed by atoms with Crippen LogP contribution in [0.4, 0.5) is 4.39 Å². The van der Waals surface area contributed by atoms with Gasteiger partial charge in [0.25, 0.3) is 0 Å². The van der Waals surface area contributed by atoms with Gasteiger partial charge in [-0.2, -0.15) is 0 Å². The van der Waals surface area contributed by atoms with Gasteiger partial charge in [-0.3, -0.25) is 4.79 Å². The number of nitrogens with zero attached hydrogens (tertiary/aromatic N) is 1. The number of para-hydroxylation sites is 1. The predicted molar refractivity (Wildman–Crippen MR) is 116 cm³/mol. The second kappa shape index (κ2) is 10.1. The van der Waals surface area contributed by atoms with Crippen molar-refractivity contribution in [2.75, 3.05) is 6.61 Å². The molecule has 6 heteroatoms. The quantitative estimate of drug-likeness (QED) is 0.364. The monoisotopic (exact) mass is 423 g/mol. The van der Waals surface area contributed by atoms with Crippen molar-refractivity contribution in [1.82, 2.24) is 4.57 Å². The van der Waals surface area contributed by atoms with Crippen LogP contribution < -0.4 is 4.74 Å². The number of aryl methyl sites for hydroxylation is 1. The molecule has 162 valence electrons. The normalized spacial score (nSPS) is 11.7. The molecule has 0 spiro atoms. The summed E-state index contributed by atoms with van der Waals surface area (Å²) in [4.78, 5) is 25.1. The van der Waals surface area contributed by atoms with Crippen molar-refractivity contribution in [2.24, 2.45) is 0 Å². The van der Waals surface area contributed by atoms with Gasteiger partial charge in [0.2, 0.25) is 5.78 Å². The fourth-order valence-electron chi connectivity index (χ4n) is 3.37. The summed E-state index contributed by atoms with van der Waals surface area (Å²) >= 11 is 0. The van der Waals surface area contributed by atoms with E-state index in [4.69, 9.17) is 9.47 Å². The van der Waals surface area contributed by atoms with Gasteiger partial charge in [0, 0.05) is 23.5 Å². The number of hydrogen-bond acceptors (Lipinski definition) is 4. The number of ether oxygens (including phenoxy) is 2. The molecule has 3 aromatic rings. The summed E-state index contributed by atoms with van der Waals surface area (Å²) in [6.07, 6.45) is -0.352. The molecule has 0 bridgehead atoms. The molecule has 0 saturated carbocycles. The molecule has 0 radical (unpaired) electrons. The lowest BCUT2D eigenvalue weighted by Gasteiger charge is -2.16. The summed E-state index contributed by atoms with van der Waals surface area (Å²) in [5, 5.41) is 0. The molecule has 0 fully saturated rings. The number of benzene rings is 2. The van der Waals surface area contributed by atoms with Crippen LogP contribution in [0.3, 0.4) is 0 Å². The molecule has 0 aliphatic rings. The molecular weight excluding hydrogens is 397 g/mol. The lowest BCUT2D eigenvalue weighted by atomic mass is 10.1. The second-order valence-corrected chi connectivity index (χ2v) is 7.36. The first kappa shape index (κ1) is 22.3. The number of rotatable bonds is 9. The zero-order valence-corrected chi connectivity index (χ0v) is 17.9. The molecule has 1 atom stereocenters. The first-order valence-electron chi connectivity index (χ1n) is 10.2. The number of ketones is 1. The van der Waals surface area contributed by atoms with Crippen LogP contribution in [0.1, 0.15) is 40.7 Å². The molecule has 0 saturated heterocycles. The Balaban J connectivity index is 1.63. The van der Waals surface area contributed by atoms with E-state index in [1.807, 2.05) is 43.5 Å². The highest BCUT2D eigenvalue weighted by Crippen LogP contribution is 2.19. The van der Waals surface area contributed by atoms with Crippen molar-refractivity contribution in [3.05, 3.63) is 89.0 Å². The van der Waals surface area contributed by atoms with E-state index in [1.54, 1.807) is 30.3 Å². The molecule has 1 heterocycles. The fourth-order valence-corrected chi connectivity index (χ4v) is 3.37. The highest BCUT2D eigenvalue weighted by molar-refractivity contribution is 5.99. The van der Waals surface area contributed by atoms with Crippen molar-refractivity contribution in [2.45, 2.75) is 39.8 Å². The maximum atomic E-state index is 13.1. The Morgan fingerprint density at radius 2 is 1.71 bits per heavy atom. The lowest BCUT2D eigenvalue weighted by Crippen LogP contribution is -2.30. The molecule has 31 heavy (non-hydrogen) atoms. The topological polar surface area (TPSA) is 57.5 Å². The van der Waals surface area contributed by atoms with Crippen LogP contribution in [-0.4, -0.2) is 29.0 Å². The fraction of sp³-hybridized carbons (Fsp3) is 0.280. The molecule has 0 aliphatic heterocycles. The molecule has 0 aliphatic carbocycles. The number of hydrogen-bond donors (Lipinski definition) is 0. The number of esters is 1. The van der Waals surface area contributed by atoms with E-state index in [2.05, 4.69) is 0 Å².